The van der Waals surface area contributed by atoms with E-state index in [2.05, 4.69) is 0 Å². The van der Waals surface area contributed by atoms with E-state index in [9.17, 15) is 9.59 Å². The first-order chi connectivity index (χ1) is 7.70. The molecule has 88 valence electrons. The SMILES string of the molecule is Cl.NC(=O)c1cccn(-c2ccccc2)c1=O. The van der Waals surface area contributed by atoms with Crippen molar-refractivity contribution in [1.82, 2.24) is 4.57 Å². The van der Waals surface area contributed by atoms with Gasteiger partial charge in [-0.2, -0.15) is 0 Å². The molecule has 5 heteroatoms. The molecule has 1 aromatic carbocycles. The van der Waals surface area contributed by atoms with E-state index in [0.717, 1.165) is 0 Å². The summed E-state index contributed by atoms with van der Waals surface area (Å²) in [5.41, 5.74) is 5.40. The van der Waals surface area contributed by atoms with Crippen LogP contribution in [0.15, 0.2) is 53.5 Å². The summed E-state index contributed by atoms with van der Waals surface area (Å²) in [4.78, 5) is 22.9. The van der Waals surface area contributed by atoms with Gasteiger partial charge in [-0.1, -0.05) is 18.2 Å². The van der Waals surface area contributed by atoms with Crippen molar-refractivity contribution in [2.24, 2.45) is 5.73 Å². The molecular weight excluding hydrogens is 240 g/mol. The van der Waals surface area contributed by atoms with Crippen molar-refractivity contribution in [1.29, 1.82) is 0 Å². The zero-order valence-corrected chi connectivity index (χ0v) is 9.68. The van der Waals surface area contributed by atoms with Crippen molar-refractivity contribution in [2.75, 3.05) is 0 Å². The largest absolute Gasteiger partial charge is 0.365 e. The van der Waals surface area contributed by atoms with Gasteiger partial charge >= 0.3 is 0 Å². The Kier molecular flexibility index (Phi) is 4.06. The van der Waals surface area contributed by atoms with E-state index in [0.29, 0.717) is 5.69 Å². The van der Waals surface area contributed by atoms with Gasteiger partial charge in [0.25, 0.3) is 11.5 Å². The molecule has 1 heterocycles. The van der Waals surface area contributed by atoms with Crippen LogP contribution in [-0.4, -0.2) is 10.5 Å². The molecule has 17 heavy (non-hydrogen) atoms. The summed E-state index contributed by atoms with van der Waals surface area (Å²) >= 11 is 0. The van der Waals surface area contributed by atoms with Crippen LogP contribution >= 0.6 is 12.4 Å². The van der Waals surface area contributed by atoms with Gasteiger partial charge in [0.05, 0.1) is 0 Å². The van der Waals surface area contributed by atoms with Crippen LogP contribution < -0.4 is 11.3 Å². The molecule has 2 rings (SSSR count). The van der Waals surface area contributed by atoms with Gasteiger partial charge in [-0.25, -0.2) is 0 Å². The molecule has 1 aromatic heterocycles. The topological polar surface area (TPSA) is 65.1 Å². The third-order valence-corrected chi connectivity index (χ3v) is 2.25. The van der Waals surface area contributed by atoms with E-state index >= 15 is 0 Å². The normalized spacial score (nSPS) is 9.41. The Hall–Kier alpha value is -2.07. The minimum Gasteiger partial charge on any atom is -0.365 e. The van der Waals surface area contributed by atoms with Crippen LogP contribution in [0.4, 0.5) is 0 Å². The number of aromatic nitrogens is 1. The van der Waals surface area contributed by atoms with Crippen molar-refractivity contribution in [3.8, 4) is 5.69 Å². The first-order valence-corrected chi connectivity index (χ1v) is 4.77. The molecule has 0 radical (unpaired) electrons. The Morgan fingerprint density at radius 2 is 1.71 bits per heavy atom. The number of halogens is 1. The molecule has 0 saturated carbocycles. The molecule has 0 bridgehead atoms. The maximum absolute atomic E-state index is 11.9. The van der Waals surface area contributed by atoms with Crippen LogP contribution in [-0.2, 0) is 0 Å². The Morgan fingerprint density at radius 1 is 1.06 bits per heavy atom. The minimum atomic E-state index is -0.713. The fourth-order valence-corrected chi connectivity index (χ4v) is 1.47. The number of nitrogens with zero attached hydrogens (tertiary/aromatic N) is 1. The molecule has 0 fully saturated rings. The first kappa shape index (κ1) is 13.0. The van der Waals surface area contributed by atoms with Gasteiger partial charge in [0.2, 0.25) is 0 Å². The monoisotopic (exact) mass is 250 g/mol. The van der Waals surface area contributed by atoms with E-state index in [4.69, 9.17) is 5.73 Å². The number of carbonyl (C=O) groups excluding carboxylic acids is 1. The average molecular weight is 251 g/mol. The van der Waals surface area contributed by atoms with Gasteiger partial charge in [0.15, 0.2) is 0 Å². The highest BCUT2D eigenvalue weighted by Gasteiger charge is 2.08. The van der Waals surface area contributed by atoms with Crippen molar-refractivity contribution in [3.05, 3.63) is 64.6 Å². The summed E-state index contributed by atoms with van der Waals surface area (Å²) < 4.78 is 1.39. The Bertz CT molecular complexity index is 579. The second-order valence-corrected chi connectivity index (χ2v) is 3.30. The van der Waals surface area contributed by atoms with Crippen molar-refractivity contribution < 1.29 is 4.79 Å². The van der Waals surface area contributed by atoms with Gasteiger partial charge in [0.1, 0.15) is 5.56 Å². The maximum atomic E-state index is 11.9. The smallest absolute Gasteiger partial charge is 0.267 e. The Morgan fingerprint density at radius 3 is 2.29 bits per heavy atom. The fourth-order valence-electron chi connectivity index (χ4n) is 1.47. The Balaban J connectivity index is 0.00000144. The summed E-state index contributed by atoms with van der Waals surface area (Å²) in [5, 5.41) is 0. The van der Waals surface area contributed by atoms with Crippen molar-refractivity contribution in [3.63, 3.8) is 0 Å². The highest BCUT2D eigenvalue weighted by molar-refractivity contribution is 5.92. The van der Waals surface area contributed by atoms with Gasteiger partial charge in [0, 0.05) is 11.9 Å². The summed E-state index contributed by atoms with van der Waals surface area (Å²) in [6.45, 7) is 0. The van der Waals surface area contributed by atoms with Crippen LogP contribution in [0.3, 0.4) is 0 Å². The number of primary amides is 1. The number of benzene rings is 1. The van der Waals surface area contributed by atoms with Crippen LogP contribution in [0.2, 0.25) is 0 Å². The number of carbonyl (C=O) groups is 1. The maximum Gasteiger partial charge on any atom is 0.267 e. The molecule has 2 N–H and O–H groups in total. The van der Waals surface area contributed by atoms with E-state index in [1.807, 2.05) is 18.2 Å². The minimum absolute atomic E-state index is 0. The molecule has 0 saturated heterocycles. The molecule has 0 aliphatic carbocycles. The third kappa shape index (κ3) is 2.54. The van der Waals surface area contributed by atoms with Crippen LogP contribution in [0.1, 0.15) is 10.4 Å². The number of para-hydroxylation sites is 1. The van der Waals surface area contributed by atoms with Gasteiger partial charge < -0.3 is 5.73 Å². The lowest BCUT2D eigenvalue weighted by atomic mass is 10.2. The average Bonchev–Trinajstić information content (AvgIpc) is 2.30. The highest BCUT2D eigenvalue weighted by atomic mass is 35.5. The van der Waals surface area contributed by atoms with Crippen molar-refractivity contribution in [2.45, 2.75) is 0 Å². The van der Waals surface area contributed by atoms with Gasteiger partial charge in [-0.15, -0.1) is 12.4 Å². The molecule has 0 unspecified atom stereocenters. The second kappa shape index (κ2) is 5.32. The number of rotatable bonds is 2. The van der Waals surface area contributed by atoms with Crippen molar-refractivity contribution >= 4 is 18.3 Å². The third-order valence-electron chi connectivity index (χ3n) is 2.25. The number of hydrogen-bond donors (Lipinski definition) is 1. The molecule has 2 aromatic rings. The molecule has 0 atom stereocenters. The number of nitrogens with two attached hydrogens (primary N) is 1. The molecule has 0 aliphatic rings. The number of amides is 1. The van der Waals surface area contributed by atoms with E-state index in [1.165, 1.54) is 10.6 Å². The lowest BCUT2D eigenvalue weighted by Gasteiger charge is -2.05. The summed E-state index contributed by atoms with van der Waals surface area (Å²) in [6, 6.07) is 12.1. The summed E-state index contributed by atoms with van der Waals surface area (Å²) in [5.74, 6) is -0.713. The Labute approximate surface area is 104 Å². The number of pyridine rings is 1. The summed E-state index contributed by atoms with van der Waals surface area (Å²) in [6.07, 6.45) is 1.60. The molecule has 0 aliphatic heterocycles. The van der Waals surface area contributed by atoms with E-state index in [-0.39, 0.29) is 18.0 Å². The van der Waals surface area contributed by atoms with Gasteiger partial charge in [-0.05, 0) is 24.3 Å². The van der Waals surface area contributed by atoms with Crippen LogP contribution in [0.5, 0.6) is 0 Å². The van der Waals surface area contributed by atoms with E-state index in [1.54, 1.807) is 24.4 Å². The fraction of sp³-hybridized carbons (Fsp3) is 0. The lowest BCUT2D eigenvalue weighted by Crippen LogP contribution is -2.28. The molecule has 1 amide bonds. The quantitative estimate of drug-likeness (QED) is 0.875. The summed E-state index contributed by atoms with van der Waals surface area (Å²) in [7, 11) is 0. The zero-order valence-electron chi connectivity index (χ0n) is 8.87. The second-order valence-electron chi connectivity index (χ2n) is 3.30. The van der Waals surface area contributed by atoms with Crippen LogP contribution in [0, 0.1) is 0 Å². The first-order valence-electron chi connectivity index (χ1n) is 4.77. The molecule has 4 nitrogen and oxygen atoms in total. The zero-order chi connectivity index (χ0) is 11.5. The molecule has 0 spiro atoms. The highest BCUT2D eigenvalue weighted by Crippen LogP contribution is 2.03. The predicted octanol–water partition coefficient (Wildman–Crippen LogP) is 1.36. The predicted molar refractivity (Wildman–Crippen MR) is 67.8 cm³/mol. The van der Waals surface area contributed by atoms with Crippen LogP contribution in [0.25, 0.3) is 5.69 Å². The standard InChI is InChI=1S/C12H10N2O2.ClH/c13-11(15)10-7-4-8-14(12(10)16)9-5-2-1-3-6-9;/h1-8H,(H2,13,15);1H. The molecular formula is C12H11ClN2O2. The number of hydrogen-bond acceptors (Lipinski definition) is 2. The van der Waals surface area contributed by atoms with Gasteiger partial charge in [-0.3, -0.25) is 14.2 Å². The lowest BCUT2D eigenvalue weighted by molar-refractivity contribution is 0.0998. The van der Waals surface area contributed by atoms with E-state index < -0.39 is 11.5 Å².